The summed E-state index contributed by atoms with van der Waals surface area (Å²) in [5.41, 5.74) is 0. The fourth-order valence-corrected chi connectivity index (χ4v) is 3.63. The van der Waals surface area contributed by atoms with E-state index in [1.807, 2.05) is 6.92 Å². The lowest BCUT2D eigenvalue weighted by Crippen LogP contribution is -2.24. The number of nitrogens with one attached hydrogen (secondary N) is 1. The predicted octanol–water partition coefficient (Wildman–Crippen LogP) is 1.50. The van der Waals surface area contributed by atoms with Crippen molar-refractivity contribution in [2.24, 2.45) is 0 Å². The van der Waals surface area contributed by atoms with Crippen LogP contribution in [-0.2, 0) is 10.0 Å². The second-order valence-corrected chi connectivity index (χ2v) is 7.04. The van der Waals surface area contributed by atoms with Crippen molar-refractivity contribution in [1.82, 2.24) is 4.72 Å². The first-order chi connectivity index (χ1) is 7.42. The zero-order valence-electron chi connectivity index (χ0n) is 9.43. The summed E-state index contributed by atoms with van der Waals surface area (Å²) in [6, 6.07) is 3.39. The first-order valence-corrected chi connectivity index (χ1v) is 7.46. The molecule has 0 aliphatic rings. The van der Waals surface area contributed by atoms with Gasteiger partial charge in [-0.15, -0.1) is 11.3 Å². The fraction of sp³-hybridized carbons (Fsp3) is 0.600. The monoisotopic (exact) mass is 263 g/mol. The molecule has 1 unspecified atom stereocenters. The van der Waals surface area contributed by atoms with Crippen molar-refractivity contribution >= 4 is 21.4 Å². The maximum absolute atomic E-state index is 11.7. The molecule has 1 atom stereocenters. The molecule has 0 aliphatic carbocycles. The second-order valence-electron chi connectivity index (χ2n) is 3.75. The minimum atomic E-state index is -3.35. The molecule has 0 amide bonds. The van der Waals surface area contributed by atoms with Crippen molar-refractivity contribution in [2.45, 2.75) is 37.0 Å². The Hall–Kier alpha value is -0.430. The lowest BCUT2D eigenvalue weighted by atomic mass is 10.2. The molecule has 4 nitrogen and oxygen atoms in total. The molecule has 0 aliphatic heterocycles. The molecule has 1 heterocycles. The molecule has 2 N–H and O–H groups in total. The van der Waals surface area contributed by atoms with Crippen LogP contribution in [0.5, 0.6) is 0 Å². The summed E-state index contributed by atoms with van der Waals surface area (Å²) in [6.45, 7) is 3.93. The lowest BCUT2D eigenvalue weighted by Gasteiger charge is -2.05. The van der Waals surface area contributed by atoms with Gasteiger partial charge in [-0.05, 0) is 38.8 Å². The van der Waals surface area contributed by atoms with Gasteiger partial charge in [-0.3, -0.25) is 0 Å². The van der Waals surface area contributed by atoms with E-state index in [4.69, 9.17) is 5.11 Å². The van der Waals surface area contributed by atoms with Crippen LogP contribution in [0.4, 0.5) is 0 Å². The third-order valence-electron chi connectivity index (χ3n) is 2.07. The van der Waals surface area contributed by atoms with Crippen LogP contribution in [0.15, 0.2) is 16.3 Å². The van der Waals surface area contributed by atoms with Crippen LogP contribution in [0, 0.1) is 6.92 Å². The van der Waals surface area contributed by atoms with Crippen molar-refractivity contribution in [3.8, 4) is 0 Å². The molecule has 0 radical (unpaired) electrons. The normalized spacial score (nSPS) is 13.9. The van der Waals surface area contributed by atoms with Crippen LogP contribution in [0.1, 0.15) is 24.6 Å². The Bertz CT molecular complexity index is 423. The molecule has 0 fully saturated rings. The maximum atomic E-state index is 11.7. The van der Waals surface area contributed by atoms with E-state index in [9.17, 15) is 8.42 Å². The molecule has 0 saturated carbocycles. The number of thiophene rings is 1. The van der Waals surface area contributed by atoms with Crippen LogP contribution < -0.4 is 4.72 Å². The van der Waals surface area contributed by atoms with Gasteiger partial charge in [-0.25, -0.2) is 13.1 Å². The first kappa shape index (κ1) is 13.6. The van der Waals surface area contributed by atoms with Crippen molar-refractivity contribution in [1.29, 1.82) is 0 Å². The van der Waals surface area contributed by atoms with Gasteiger partial charge in [0.05, 0.1) is 6.10 Å². The van der Waals surface area contributed by atoms with Crippen molar-refractivity contribution in [3.05, 3.63) is 17.0 Å². The molecule has 6 heteroatoms. The van der Waals surface area contributed by atoms with Gasteiger partial charge < -0.3 is 5.11 Å². The van der Waals surface area contributed by atoms with Gasteiger partial charge in [-0.1, -0.05) is 0 Å². The summed E-state index contributed by atoms with van der Waals surface area (Å²) < 4.78 is 26.3. The number of hydrogen-bond donors (Lipinski definition) is 2. The first-order valence-electron chi connectivity index (χ1n) is 5.16. The summed E-state index contributed by atoms with van der Waals surface area (Å²) in [5, 5.41) is 9.03. The van der Waals surface area contributed by atoms with Gasteiger partial charge in [0.1, 0.15) is 4.21 Å². The Morgan fingerprint density at radius 3 is 2.69 bits per heavy atom. The van der Waals surface area contributed by atoms with Crippen molar-refractivity contribution in [2.75, 3.05) is 6.54 Å². The Labute approximate surface area is 100 Å². The molecule has 1 aromatic rings. The summed E-state index contributed by atoms with van der Waals surface area (Å²) in [7, 11) is -3.35. The summed E-state index contributed by atoms with van der Waals surface area (Å²) in [5.74, 6) is 0. The van der Waals surface area contributed by atoms with E-state index >= 15 is 0 Å². The van der Waals surface area contributed by atoms with E-state index in [1.165, 1.54) is 11.3 Å². The van der Waals surface area contributed by atoms with Crippen molar-refractivity contribution in [3.63, 3.8) is 0 Å². The SMILES string of the molecule is Cc1ccc(S(=O)(=O)NCCCC(C)O)s1. The Kier molecular flexibility index (Phi) is 4.91. The third-order valence-corrected chi connectivity index (χ3v) is 5.02. The van der Waals surface area contributed by atoms with Crippen LogP contribution in [0.2, 0.25) is 0 Å². The van der Waals surface area contributed by atoms with E-state index in [-0.39, 0.29) is 6.10 Å². The minimum absolute atomic E-state index is 0.349. The highest BCUT2D eigenvalue weighted by Gasteiger charge is 2.15. The molecular formula is C10H17NO3S2. The Morgan fingerprint density at radius 1 is 1.50 bits per heavy atom. The molecule has 0 spiro atoms. The highest BCUT2D eigenvalue weighted by molar-refractivity contribution is 7.91. The summed E-state index contributed by atoms with van der Waals surface area (Å²) in [6.07, 6.45) is 0.862. The molecule has 0 bridgehead atoms. The summed E-state index contributed by atoms with van der Waals surface area (Å²) >= 11 is 1.26. The van der Waals surface area contributed by atoms with Gasteiger partial charge in [0.25, 0.3) is 0 Å². The number of hydrogen-bond acceptors (Lipinski definition) is 4. The van der Waals surface area contributed by atoms with E-state index in [2.05, 4.69) is 4.72 Å². The molecule has 1 rings (SSSR count). The molecule has 0 saturated heterocycles. The topological polar surface area (TPSA) is 66.4 Å². The fourth-order valence-electron chi connectivity index (χ4n) is 1.23. The van der Waals surface area contributed by atoms with E-state index in [1.54, 1.807) is 19.1 Å². The number of aliphatic hydroxyl groups is 1. The van der Waals surface area contributed by atoms with Crippen LogP contribution in [0.3, 0.4) is 0 Å². The highest BCUT2D eigenvalue weighted by Crippen LogP contribution is 2.20. The predicted molar refractivity (Wildman–Crippen MR) is 65.2 cm³/mol. The lowest BCUT2D eigenvalue weighted by molar-refractivity contribution is 0.182. The molecule has 16 heavy (non-hydrogen) atoms. The average Bonchev–Trinajstić information content (AvgIpc) is 2.60. The molecule has 1 aromatic heterocycles. The molecule has 0 aromatic carbocycles. The van der Waals surface area contributed by atoms with E-state index in [0.29, 0.717) is 23.6 Å². The third kappa shape index (κ3) is 4.21. The van der Waals surface area contributed by atoms with Crippen molar-refractivity contribution < 1.29 is 13.5 Å². The number of sulfonamides is 1. The Balaban J connectivity index is 2.47. The van der Waals surface area contributed by atoms with Gasteiger partial charge in [0.2, 0.25) is 10.0 Å². The quantitative estimate of drug-likeness (QED) is 0.764. The zero-order valence-corrected chi connectivity index (χ0v) is 11.1. The number of aryl methyl sites for hydroxylation is 1. The standard InChI is InChI=1S/C10H17NO3S2/c1-8(12)4-3-7-11-16(13,14)10-6-5-9(2)15-10/h5-6,8,11-12H,3-4,7H2,1-2H3. The second kappa shape index (κ2) is 5.77. The van der Waals surface area contributed by atoms with Crippen LogP contribution >= 0.6 is 11.3 Å². The number of aliphatic hydroxyl groups excluding tert-OH is 1. The zero-order chi connectivity index (χ0) is 12.2. The molecule has 92 valence electrons. The van der Waals surface area contributed by atoms with E-state index < -0.39 is 10.0 Å². The van der Waals surface area contributed by atoms with Gasteiger partial charge >= 0.3 is 0 Å². The van der Waals surface area contributed by atoms with Crippen LogP contribution in [-0.4, -0.2) is 26.2 Å². The highest BCUT2D eigenvalue weighted by atomic mass is 32.2. The van der Waals surface area contributed by atoms with E-state index in [0.717, 1.165) is 4.88 Å². The van der Waals surface area contributed by atoms with Gasteiger partial charge in [0, 0.05) is 11.4 Å². The number of rotatable bonds is 6. The molecular weight excluding hydrogens is 246 g/mol. The van der Waals surface area contributed by atoms with Gasteiger partial charge in [0.15, 0.2) is 0 Å². The maximum Gasteiger partial charge on any atom is 0.250 e. The summed E-state index contributed by atoms with van der Waals surface area (Å²) in [4.78, 5) is 0.976. The minimum Gasteiger partial charge on any atom is -0.393 e. The average molecular weight is 263 g/mol. The Morgan fingerprint density at radius 2 is 2.19 bits per heavy atom. The largest absolute Gasteiger partial charge is 0.393 e. The van der Waals surface area contributed by atoms with Crippen LogP contribution in [0.25, 0.3) is 0 Å². The van der Waals surface area contributed by atoms with Gasteiger partial charge in [-0.2, -0.15) is 0 Å². The smallest absolute Gasteiger partial charge is 0.250 e.